The Kier molecular flexibility index (Phi) is 7.64. The van der Waals surface area contributed by atoms with Gasteiger partial charge in [0.2, 0.25) is 0 Å². The third kappa shape index (κ3) is 5.13. The molecule has 0 fully saturated rings. The molecule has 0 aliphatic rings. The summed E-state index contributed by atoms with van der Waals surface area (Å²) in [5.74, 6) is 0.268. The molecule has 154 valence electrons. The molecule has 0 bridgehead atoms. The number of hydrogen-bond donors (Lipinski definition) is 2. The van der Waals surface area contributed by atoms with Crippen molar-refractivity contribution in [2.75, 3.05) is 18.5 Å². The van der Waals surface area contributed by atoms with Crippen LogP contribution in [-0.2, 0) is 13.6 Å². The van der Waals surface area contributed by atoms with Crippen molar-refractivity contribution in [1.82, 2.24) is 4.98 Å². The molecule has 0 radical (unpaired) electrons. The summed E-state index contributed by atoms with van der Waals surface area (Å²) in [5, 5.41) is 13.6. The fourth-order valence-corrected chi connectivity index (χ4v) is 5.08. The first kappa shape index (κ1) is 22.4. The third-order valence-corrected chi connectivity index (χ3v) is 7.24. The second kappa shape index (κ2) is 9.55. The molecule has 0 aliphatic carbocycles. The summed E-state index contributed by atoms with van der Waals surface area (Å²) in [5.41, 5.74) is 3.70. The summed E-state index contributed by atoms with van der Waals surface area (Å²) in [4.78, 5) is 4.34. The van der Waals surface area contributed by atoms with E-state index in [1.54, 1.807) is 20.0 Å². The Bertz CT molecular complexity index is 806. The average molecular weight is 406 g/mol. The van der Waals surface area contributed by atoms with Gasteiger partial charge in [0, 0.05) is 5.69 Å². The minimum absolute atomic E-state index is 0.268. The molecular weight excluding hydrogens is 375 g/mol. The minimum atomic E-state index is -3.37. The van der Waals surface area contributed by atoms with E-state index in [1.165, 1.54) is 0 Å². The van der Waals surface area contributed by atoms with E-state index in [9.17, 15) is 9.67 Å². The van der Waals surface area contributed by atoms with Crippen molar-refractivity contribution >= 4 is 13.3 Å². The fourth-order valence-electron chi connectivity index (χ4n) is 3.20. The van der Waals surface area contributed by atoms with Crippen molar-refractivity contribution in [2.24, 2.45) is 0 Å². The van der Waals surface area contributed by atoms with E-state index < -0.39 is 13.3 Å². The SMILES string of the molecule is CCOP(=O)(OCC)C(C)C(Nc1ccc(C)nc1)c1cc(C)c(O)c(C)c1. The van der Waals surface area contributed by atoms with Gasteiger partial charge in [-0.25, -0.2) is 0 Å². The van der Waals surface area contributed by atoms with Crippen molar-refractivity contribution in [2.45, 2.75) is 53.2 Å². The van der Waals surface area contributed by atoms with Gasteiger partial charge in [0.25, 0.3) is 0 Å². The lowest BCUT2D eigenvalue weighted by molar-refractivity contribution is 0.211. The van der Waals surface area contributed by atoms with Crippen LogP contribution in [0.2, 0.25) is 0 Å². The van der Waals surface area contributed by atoms with E-state index in [0.717, 1.165) is 28.1 Å². The highest BCUT2D eigenvalue weighted by molar-refractivity contribution is 7.54. The van der Waals surface area contributed by atoms with Gasteiger partial charge in [0.05, 0.1) is 36.8 Å². The zero-order valence-electron chi connectivity index (χ0n) is 17.5. The second-order valence-corrected chi connectivity index (χ2v) is 9.34. The zero-order chi connectivity index (χ0) is 20.9. The number of benzene rings is 1. The summed E-state index contributed by atoms with van der Waals surface area (Å²) in [6.07, 6.45) is 1.75. The van der Waals surface area contributed by atoms with Gasteiger partial charge in [0.15, 0.2) is 0 Å². The third-order valence-electron chi connectivity index (χ3n) is 4.71. The van der Waals surface area contributed by atoms with Crippen LogP contribution in [0, 0.1) is 20.8 Å². The van der Waals surface area contributed by atoms with Crippen molar-refractivity contribution < 1.29 is 18.7 Å². The molecule has 1 aromatic carbocycles. The van der Waals surface area contributed by atoms with Crippen LogP contribution < -0.4 is 5.32 Å². The first-order valence-corrected chi connectivity index (χ1v) is 11.2. The highest BCUT2D eigenvalue weighted by atomic mass is 31.2. The van der Waals surface area contributed by atoms with Crippen molar-refractivity contribution in [3.05, 3.63) is 52.8 Å². The summed E-state index contributed by atoms with van der Waals surface area (Å²) in [7, 11) is -3.37. The zero-order valence-corrected chi connectivity index (χ0v) is 18.4. The number of phenolic OH excluding ortho intramolecular Hbond substituents is 1. The van der Waals surface area contributed by atoms with E-state index in [4.69, 9.17) is 9.05 Å². The van der Waals surface area contributed by atoms with Gasteiger partial charge in [0.1, 0.15) is 5.75 Å². The van der Waals surface area contributed by atoms with Gasteiger partial charge in [-0.3, -0.25) is 9.55 Å². The van der Waals surface area contributed by atoms with E-state index in [1.807, 2.05) is 52.0 Å². The molecule has 7 heteroatoms. The first-order chi connectivity index (χ1) is 13.2. The molecule has 0 amide bonds. The van der Waals surface area contributed by atoms with E-state index >= 15 is 0 Å². The van der Waals surface area contributed by atoms with Crippen LogP contribution in [0.3, 0.4) is 0 Å². The number of anilines is 1. The summed E-state index contributed by atoms with van der Waals surface area (Å²) < 4.78 is 24.7. The van der Waals surface area contributed by atoms with Crippen molar-refractivity contribution in [3.63, 3.8) is 0 Å². The number of hydrogen-bond acceptors (Lipinski definition) is 6. The van der Waals surface area contributed by atoms with Crippen LogP contribution in [0.25, 0.3) is 0 Å². The van der Waals surface area contributed by atoms with Gasteiger partial charge >= 0.3 is 7.60 Å². The number of aryl methyl sites for hydroxylation is 3. The molecule has 6 nitrogen and oxygen atoms in total. The fraction of sp³-hybridized carbons (Fsp3) is 0.476. The largest absolute Gasteiger partial charge is 0.507 e. The smallest absolute Gasteiger partial charge is 0.335 e. The Hall–Kier alpha value is -1.88. The normalized spacial score (nSPS) is 13.9. The Balaban J connectivity index is 2.51. The van der Waals surface area contributed by atoms with Crippen LogP contribution >= 0.6 is 7.60 Å². The van der Waals surface area contributed by atoms with Gasteiger partial charge in [-0.05, 0) is 70.4 Å². The maximum Gasteiger partial charge on any atom is 0.335 e. The lowest BCUT2D eigenvalue weighted by Gasteiger charge is -2.32. The van der Waals surface area contributed by atoms with E-state index in [0.29, 0.717) is 13.2 Å². The Morgan fingerprint density at radius 1 is 1.11 bits per heavy atom. The van der Waals surface area contributed by atoms with E-state index in [2.05, 4.69) is 10.3 Å². The molecule has 2 unspecified atom stereocenters. The van der Waals surface area contributed by atoms with Crippen molar-refractivity contribution in [1.29, 1.82) is 0 Å². The molecule has 28 heavy (non-hydrogen) atoms. The quantitative estimate of drug-likeness (QED) is 0.534. The van der Waals surface area contributed by atoms with Crippen LogP contribution in [0.5, 0.6) is 5.75 Å². The number of phenols is 1. The molecule has 2 rings (SSSR count). The molecule has 2 N–H and O–H groups in total. The molecule has 0 saturated carbocycles. The summed E-state index contributed by atoms with van der Waals surface area (Å²) >= 11 is 0. The molecule has 2 atom stereocenters. The topological polar surface area (TPSA) is 80.7 Å². The minimum Gasteiger partial charge on any atom is -0.507 e. The van der Waals surface area contributed by atoms with Crippen LogP contribution in [0.4, 0.5) is 5.69 Å². The lowest BCUT2D eigenvalue weighted by atomic mass is 9.98. The van der Waals surface area contributed by atoms with Gasteiger partial charge in [-0.15, -0.1) is 0 Å². The molecular formula is C21H31N2O4P. The predicted molar refractivity (Wildman–Crippen MR) is 113 cm³/mol. The second-order valence-electron chi connectivity index (χ2n) is 6.93. The van der Waals surface area contributed by atoms with Crippen LogP contribution in [0.1, 0.15) is 49.2 Å². The number of pyridine rings is 1. The standard InChI is InChI=1S/C21H31N2O4P/c1-7-26-28(25,27-8-2)17(6)20(23-19-10-9-16(5)22-13-19)18-11-14(3)21(24)15(4)12-18/h9-13,17,20,23-24H,7-8H2,1-6H3. The maximum atomic E-state index is 13.5. The Morgan fingerprint density at radius 3 is 2.14 bits per heavy atom. The number of aromatic hydroxyl groups is 1. The number of nitrogens with zero attached hydrogens (tertiary/aromatic N) is 1. The molecule has 0 saturated heterocycles. The molecule has 1 heterocycles. The van der Waals surface area contributed by atoms with Gasteiger partial charge in [-0.2, -0.15) is 0 Å². The summed E-state index contributed by atoms with van der Waals surface area (Å²) in [6, 6.07) is 7.31. The first-order valence-electron chi connectivity index (χ1n) is 9.59. The van der Waals surface area contributed by atoms with Crippen LogP contribution in [-0.4, -0.2) is 29.0 Å². The lowest BCUT2D eigenvalue weighted by Crippen LogP contribution is -2.25. The summed E-state index contributed by atoms with van der Waals surface area (Å²) in [6.45, 7) is 11.7. The number of nitrogens with one attached hydrogen (secondary N) is 1. The highest BCUT2D eigenvalue weighted by Crippen LogP contribution is 2.57. The number of aromatic nitrogens is 1. The molecule has 2 aromatic rings. The predicted octanol–water partition coefficient (Wildman–Crippen LogP) is 5.52. The number of rotatable bonds is 9. The van der Waals surface area contributed by atoms with Gasteiger partial charge < -0.3 is 19.5 Å². The molecule has 1 aromatic heterocycles. The highest BCUT2D eigenvalue weighted by Gasteiger charge is 2.39. The van der Waals surface area contributed by atoms with Crippen LogP contribution in [0.15, 0.2) is 30.5 Å². The van der Waals surface area contributed by atoms with E-state index in [-0.39, 0.29) is 11.8 Å². The molecule has 0 aliphatic heterocycles. The molecule has 0 spiro atoms. The Labute approximate surface area is 167 Å². The van der Waals surface area contributed by atoms with Crippen molar-refractivity contribution in [3.8, 4) is 5.75 Å². The van der Waals surface area contributed by atoms with Gasteiger partial charge in [-0.1, -0.05) is 12.1 Å². The Morgan fingerprint density at radius 2 is 1.68 bits per heavy atom. The monoisotopic (exact) mass is 406 g/mol. The average Bonchev–Trinajstić information content (AvgIpc) is 2.65. The maximum absolute atomic E-state index is 13.5.